The van der Waals surface area contributed by atoms with Gasteiger partial charge in [0.1, 0.15) is 6.10 Å². The van der Waals surface area contributed by atoms with E-state index in [0.29, 0.717) is 29.6 Å². The fourth-order valence-electron chi connectivity index (χ4n) is 13.2. The highest BCUT2D eigenvalue weighted by molar-refractivity contribution is 5.69. The van der Waals surface area contributed by atoms with Crippen molar-refractivity contribution in [1.82, 2.24) is 0 Å². The number of esters is 1. The summed E-state index contributed by atoms with van der Waals surface area (Å²) in [7, 11) is 0. The number of unbranched alkanes of at least 4 members (excludes halogenated alkanes) is 12. The monoisotopic (exact) mass is 697 g/mol. The molecule has 0 spiro atoms. The number of allylic oxidation sites excluding steroid dienone is 1. The number of hydrogen-bond acceptors (Lipinski definition) is 4. The highest BCUT2D eigenvalue weighted by atomic mass is 16.5. The Hall–Kier alpha value is -0.870. The lowest BCUT2D eigenvalue weighted by molar-refractivity contribution is -0.263. The Morgan fingerprint density at radius 2 is 1.32 bits per heavy atom. The van der Waals surface area contributed by atoms with Crippen LogP contribution < -0.4 is 0 Å². The van der Waals surface area contributed by atoms with E-state index in [1.165, 1.54) is 108 Å². The molecule has 4 saturated carbocycles. The molecular formula is C46H80O4. The molecular weight excluding hydrogens is 617 g/mol. The third-order valence-electron chi connectivity index (χ3n) is 16.8. The van der Waals surface area contributed by atoms with Gasteiger partial charge in [0.2, 0.25) is 0 Å². The molecule has 0 aromatic rings. The average Bonchev–Trinajstić information content (AvgIpc) is 3.04. The van der Waals surface area contributed by atoms with Crippen LogP contribution in [0.4, 0.5) is 0 Å². The molecule has 0 aromatic heterocycles. The van der Waals surface area contributed by atoms with Crippen molar-refractivity contribution in [2.24, 2.45) is 50.2 Å². The molecule has 0 bridgehead atoms. The van der Waals surface area contributed by atoms with E-state index in [1.807, 2.05) is 0 Å². The van der Waals surface area contributed by atoms with Crippen molar-refractivity contribution in [1.29, 1.82) is 0 Å². The largest absolute Gasteiger partial charge is 0.462 e. The first-order valence-corrected chi connectivity index (χ1v) is 21.7. The first kappa shape index (κ1) is 40.3. The second-order valence-electron chi connectivity index (χ2n) is 20.9. The number of aliphatic hydroxyl groups is 2. The number of rotatable bonds is 15. The molecule has 2 N–H and O–H groups in total. The van der Waals surface area contributed by atoms with Gasteiger partial charge in [0.05, 0.1) is 12.2 Å². The highest BCUT2D eigenvalue weighted by Crippen LogP contribution is 2.75. The van der Waals surface area contributed by atoms with Gasteiger partial charge < -0.3 is 14.9 Å². The van der Waals surface area contributed by atoms with Crippen LogP contribution in [0.1, 0.15) is 204 Å². The molecule has 0 heterocycles. The lowest BCUT2D eigenvalue weighted by atomic mass is 9.33. The third kappa shape index (κ3) is 7.44. The van der Waals surface area contributed by atoms with Crippen LogP contribution >= 0.6 is 0 Å². The lowest BCUT2D eigenvalue weighted by Crippen LogP contribution is -2.70. The van der Waals surface area contributed by atoms with Crippen LogP contribution in [0.2, 0.25) is 0 Å². The van der Waals surface area contributed by atoms with Gasteiger partial charge in [-0.05, 0) is 84.9 Å². The number of carbonyl (C=O) groups is 1. The summed E-state index contributed by atoms with van der Waals surface area (Å²) < 4.78 is 6.29. The minimum Gasteiger partial charge on any atom is -0.462 e. The van der Waals surface area contributed by atoms with Gasteiger partial charge in [-0.2, -0.15) is 0 Å². The number of hydrogen-bond donors (Lipinski definition) is 2. The number of fused-ring (bicyclic) bond motifs is 7. The molecule has 10 atom stereocenters. The van der Waals surface area contributed by atoms with Gasteiger partial charge in [0, 0.05) is 29.6 Å². The van der Waals surface area contributed by atoms with Gasteiger partial charge in [-0.3, -0.25) is 4.79 Å². The molecule has 0 aromatic carbocycles. The molecule has 0 aliphatic heterocycles. The topological polar surface area (TPSA) is 66.8 Å². The first-order valence-electron chi connectivity index (χ1n) is 21.7. The predicted octanol–water partition coefficient (Wildman–Crippen LogP) is 12.1. The molecule has 50 heavy (non-hydrogen) atoms. The number of aliphatic hydroxyl groups excluding tert-OH is 2. The maximum absolute atomic E-state index is 13.2. The van der Waals surface area contributed by atoms with Crippen molar-refractivity contribution in [2.45, 2.75) is 222 Å². The average molecular weight is 697 g/mol. The summed E-state index contributed by atoms with van der Waals surface area (Å²) in [6.45, 7) is 21.6. The van der Waals surface area contributed by atoms with Crippen LogP contribution in [0.25, 0.3) is 0 Å². The van der Waals surface area contributed by atoms with Crippen molar-refractivity contribution >= 4 is 5.97 Å². The SMILES string of the molecule is CCCCCCCCCCCCCCCC(=O)O[C@H]1C[C@@H](O)[C@]2(C)[C@H]3[C@@H](O)C=C4[C@@H]5CC(C)(C)CC[C@]5(C)CC[C@@]4(C)[C@]3(C)CC[C@H]2C1(C)C. The van der Waals surface area contributed by atoms with Gasteiger partial charge in [0.15, 0.2) is 0 Å². The summed E-state index contributed by atoms with van der Waals surface area (Å²) in [5, 5.41) is 24.5. The van der Waals surface area contributed by atoms with E-state index < -0.39 is 17.6 Å². The summed E-state index contributed by atoms with van der Waals surface area (Å²) in [6, 6.07) is 0. The molecule has 0 unspecified atom stereocenters. The summed E-state index contributed by atoms with van der Waals surface area (Å²) in [6.07, 6.45) is 26.8. The van der Waals surface area contributed by atoms with Gasteiger partial charge >= 0.3 is 5.97 Å². The minimum absolute atomic E-state index is 0.0174. The predicted molar refractivity (Wildman–Crippen MR) is 208 cm³/mol. The van der Waals surface area contributed by atoms with Gasteiger partial charge in [-0.15, -0.1) is 0 Å². The Morgan fingerprint density at radius 1 is 0.760 bits per heavy atom. The van der Waals surface area contributed by atoms with Crippen molar-refractivity contribution in [3.63, 3.8) is 0 Å². The molecule has 0 radical (unpaired) electrons. The second kappa shape index (κ2) is 15.5. The molecule has 5 aliphatic rings. The quantitative estimate of drug-likeness (QED) is 0.102. The zero-order valence-corrected chi connectivity index (χ0v) is 34.3. The highest BCUT2D eigenvalue weighted by Gasteiger charge is 2.72. The Bertz CT molecular complexity index is 1190. The summed E-state index contributed by atoms with van der Waals surface area (Å²) >= 11 is 0. The minimum atomic E-state index is -0.616. The maximum atomic E-state index is 13.2. The summed E-state index contributed by atoms with van der Waals surface area (Å²) in [5.41, 5.74) is 1.38. The molecule has 288 valence electrons. The fourth-order valence-corrected chi connectivity index (χ4v) is 13.2. The van der Waals surface area contributed by atoms with Crippen molar-refractivity contribution in [3.05, 3.63) is 11.6 Å². The molecule has 4 nitrogen and oxygen atoms in total. The normalized spacial score (nSPS) is 41.6. The zero-order valence-electron chi connectivity index (χ0n) is 34.3. The van der Waals surface area contributed by atoms with Crippen LogP contribution in [-0.4, -0.2) is 34.5 Å². The Kier molecular flexibility index (Phi) is 12.5. The molecule has 0 saturated heterocycles. The maximum Gasteiger partial charge on any atom is 0.306 e. The van der Waals surface area contributed by atoms with Crippen LogP contribution in [0, 0.1) is 50.2 Å². The molecule has 5 rings (SSSR count). The van der Waals surface area contributed by atoms with Crippen molar-refractivity contribution < 1.29 is 19.7 Å². The van der Waals surface area contributed by atoms with Gasteiger partial charge in [-0.1, -0.05) is 151 Å². The zero-order chi connectivity index (χ0) is 36.6. The van der Waals surface area contributed by atoms with E-state index in [9.17, 15) is 15.0 Å². The van der Waals surface area contributed by atoms with Crippen LogP contribution in [0.3, 0.4) is 0 Å². The number of ether oxygens (including phenoxy) is 1. The van der Waals surface area contributed by atoms with E-state index >= 15 is 0 Å². The molecule has 4 fully saturated rings. The first-order chi connectivity index (χ1) is 23.5. The Balaban J connectivity index is 1.18. The van der Waals surface area contributed by atoms with Crippen LogP contribution in [0.15, 0.2) is 11.6 Å². The van der Waals surface area contributed by atoms with E-state index in [0.717, 1.165) is 25.7 Å². The van der Waals surface area contributed by atoms with Gasteiger partial charge in [-0.25, -0.2) is 0 Å². The number of carbonyl (C=O) groups excluding carboxylic acids is 1. The second-order valence-corrected chi connectivity index (χ2v) is 20.9. The van der Waals surface area contributed by atoms with Crippen molar-refractivity contribution in [2.75, 3.05) is 0 Å². The van der Waals surface area contributed by atoms with Crippen LogP contribution in [-0.2, 0) is 9.53 Å². The van der Waals surface area contributed by atoms with E-state index in [2.05, 4.69) is 68.4 Å². The van der Waals surface area contributed by atoms with E-state index in [4.69, 9.17) is 4.74 Å². The standard InChI is InChI=1S/C46H80O4/c1-10-11-12-13-14-15-16-17-18-19-20-21-22-23-39(49)50-38-31-37(48)46(9)36(42(38,4)5)24-25-45(8)40(46)35(47)30-33-34-32-41(2,3)26-27-43(34,6)28-29-44(33,45)7/h30,34-38,40,47-48H,10-29,31-32H2,1-9H3/t34-,35-,36-,37+,38-,40-,43+,44+,45+,46+/m0/s1. The van der Waals surface area contributed by atoms with Gasteiger partial charge in [0.25, 0.3) is 0 Å². The third-order valence-corrected chi connectivity index (χ3v) is 16.8. The van der Waals surface area contributed by atoms with E-state index in [1.54, 1.807) is 0 Å². The fraction of sp³-hybridized carbons (Fsp3) is 0.935. The lowest BCUT2D eigenvalue weighted by Gasteiger charge is -2.72. The molecule has 4 heteroatoms. The van der Waals surface area contributed by atoms with Crippen LogP contribution in [0.5, 0.6) is 0 Å². The summed E-state index contributed by atoms with van der Waals surface area (Å²) in [5.74, 6) is 0.567. The molecule has 5 aliphatic carbocycles. The summed E-state index contributed by atoms with van der Waals surface area (Å²) in [4.78, 5) is 13.2. The smallest absolute Gasteiger partial charge is 0.306 e. The Morgan fingerprint density at radius 3 is 1.92 bits per heavy atom. The van der Waals surface area contributed by atoms with Crippen molar-refractivity contribution in [3.8, 4) is 0 Å². The molecule has 0 amide bonds. The van der Waals surface area contributed by atoms with E-state index in [-0.39, 0.29) is 40.2 Å². The Labute approximate surface area is 308 Å².